The van der Waals surface area contributed by atoms with E-state index in [4.69, 9.17) is 14.7 Å². The van der Waals surface area contributed by atoms with E-state index < -0.39 is 20.5 Å². The van der Waals surface area contributed by atoms with Crippen LogP contribution in [-0.2, 0) is 27.8 Å². The van der Waals surface area contributed by atoms with Crippen molar-refractivity contribution in [1.82, 2.24) is 15.0 Å². The number of aryl methyl sites for hydroxylation is 1. The molecule has 2 N–H and O–H groups in total. The fourth-order valence-electron chi connectivity index (χ4n) is 3.32. The van der Waals surface area contributed by atoms with Crippen molar-refractivity contribution in [3.8, 4) is 22.8 Å². The molecule has 0 saturated carbocycles. The highest BCUT2D eigenvalue weighted by Crippen LogP contribution is 2.24. The van der Waals surface area contributed by atoms with Gasteiger partial charge in [0.15, 0.2) is 14.6 Å². The number of benzene rings is 1. The molecule has 1 amide bonds. The maximum atomic E-state index is 12.6. The lowest BCUT2D eigenvalue weighted by molar-refractivity contribution is -0.131. The van der Waals surface area contributed by atoms with Crippen LogP contribution in [0.4, 0.5) is 0 Å². The molecule has 11 heteroatoms. The molecule has 0 aliphatic rings. The summed E-state index contributed by atoms with van der Waals surface area (Å²) in [4.78, 5) is 28.7. The third-order valence-corrected chi connectivity index (χ3v) is 7.85. The van der Waals surface area contributed by atoms with Gasteiger partial charge in [-0.1, -0.05) is 12.1 Å². The first-order chi connectivity index (χ1) is 16.6. The molecule has 3 aromatic rings. The number of aromatic nitrogens is 2. The zero-order valence-corrected chi connectivity index (χ0v) is 20.4. The zero-order chi connectivity index (χ0) is 25.6. The molecule has 2 heterocycles. The van der Waals surface area contributed by atoms with Gasteiger partial charge in [0.2, 0.25) is 5.88 Å². The average molecular weight is 502 g/mol. The molecule has 0 fully saturated rings. The van der Waals surface area contributed by atoms with E-state index in [1.54, 1.807) is 37.6 Å². The van der Waals surface area contributed by atoms with Gasteiger partial charge in [-0.15, -0.1) is 0 Å². The first-order valence-electron chi connectivity index (χ1n) is 10.6. The van der Waals surface area contributed by atoms with Crippen molar-refractivity contribution in [2.24, 2.45) is 0 Å². The van der Waals surface area contributed by atoms with E-state index in [1.165, 1.54) is 29.2 Å². The summed E-state index contributed by atoms with van der Waals surface area (Å²) in [7, 11) is -2.30. The maximum absolute atomic E-state index is 12.6. The molecule has 35 heavy (non-hydrogen) atoms. The minimum absolute atomic E-state index is 0.0247. The average Bonchev–Trinajstić information content (AvgIpc) is 2.86. The Morgan fingerprint density at radius 3 is 2.40 bits per heavy atom. The third kappa shape index (κ3) is 6.06. The molecule has 0 radical (unpaired) electrons. The van der Waals surface area contributed by atoms with Gasteiger partial charge in [-0.2, -0.15) is 0 Å². The Labute approximate surface area is 203 Å². The second-order valence-electron chi connectivity index (χ2n) is 8.16. The van der Waals surface area contributed by atoms with Crippen molar-refractivity contribution < 1.29 is 27.9 Å². The number of pyridine rings is 2. The van der Waals surface area contributed by atoms with Crippen LogP contribution in [0.3, 0.4) is 0 Å². The Morgan fingerprint density at radius 2 is 1.86 bits per heavy atom. The standard InChI is InChI=1S/C24H27N3O7S/c1-24(23(29)26-30,35(3,31)32)11-13-27-12-10-19(14-22(27)28)18-5-7-20(8-6-18)34-16-17-4-9-21(33-2)25-15-17/h4-10,12,14-15,30H,11,13,16H2,1-3H3,(H,26,29). The summed E-state index contributed by atoms with van der Waals surface area (Å²) >= 11 is 0. The molecule has 1 atom stereocenters. The lowest BCUT2D eigenvalue weighted by atomic mass is 10.1. The highest BCUT2D eigenvalue weighted by molar-refractivity contribution is 7.92. The number of ether oxygens (including phenoxy) is 2. The zero-order valence-electron chi connectivity index (χ0n) is 19.6. The molecule has 186 valence electrons. The summed E-state index contributed by atoms with van der Waals surface area (Å²) < 4.78 is 34.5. The highest BCUT2D eigenvalue weighted by Gasteiger charge is 2.43. The smallest absolute Gasteiger partial charge is 0.264 e. The van der Waals surface area contributed by atoms with Crippen molar-refractivity contribution in [3.63, 3.8) is 0 Å². The van der Waals surface area contributed by atoms with E-state index in [9.17, 15) is 18.0 Å². The molecule has 1 aromatic carbocycles. The number of rotatable bonds is 10. The number of carbonyl (C=O) groups excluding carboxylic acids is 1. The number of nitrogens with zero attached hydrogens (tertiary/aromatic N) is 2. The number of carbonyl (C=O) groups is 1. The highest BCUT2D eigenvalue weighted by atomic mass is 32.2. The molecule has 3 rings (SSSR count). The largest absolute Gasteiger partial charge is 0.489 e. The first-order valence-corrected chi connectivity index (χ1v) is 12.5. The van der Waals surface area contributed by atoms with Gasteiger partial charge in [-0.3, -0.25) is 14.8 Å². The Hall–Kier alpha value is -3.70. The van der Waals surface area contributed by atoms with Crippen LogP contribution in [0.1, 0.15) is 18.9 Å². The molecule has 0 aliphatic heterocycles. The van der Waals surface area contributed by atoms with Crippen LogP contribution in [0.25, 0.3) is 11.1 Å². The van der Waals surface area contributed by atoms with Crippen LogP contribution in [0.2, 0.25) is 0 Å². The van der Waals surface area contributed by atoms with Crippen LogP contribution in [-0.4, -0.2) is 47.2 Å². The van der Waals surface area contributed by atoms with E-state index in [-0.39, 0.29) is 18.5 Å². The lowest BCUT2D eigenvalue weighted by Gasteiger charge is -2.25. The molecule has 0 spiro atoms. The predicted molar refractivity (Wildman–Crippen MR) is 129 cm³/mol. The summed E-state index contributed by atoms with van der Waals surface area (Å²) in [5.74, 6) is 0.135. The van der Waals surface area contributed by atoms with Crippen LogP contribution in [0.5, 0.6) is 11.6 Å². The maximum Gasteiger partial charge on any atom is 0.264 e. The topological polar surface area (TPSA) is 137 Å². The van der Waals surface area contributed by atoms with E-state index in [1.807, 2.05) is 18.2 Å². The predicted octanol–water partition coefficient (Wildman–Crippen LogP) is 2.20. The van der Waals surface area contributed by atoms with Gasteiger partial charge < -0.3 is 14.0 Å². The number of nitrogens with one attached hydrogen (secondary N) is 1. The van der Waals surface area contributed by atoms with Crippen molar-refractivity contribution in [1.29, 1.82) is 0 Å². The number of methoxy groups -OCH3 is 1. The quantitative estimate of drug-likeness (QED) is 0.319. The molecule has 0 aliphatic carbocycles. The summed E-state index contributed by atoms with van der Waals surface area (Å²) in [5.41, 5.74) is 3.41. The van der Waals surface area contributed by atoms with E-state index in [0.29, 0.717) is 23.8 Å². The Morgan fingerprint density at radius 1 is 1.14 bits per heavy atom. The monoisotopic (exact) mass is 501 g/mol. The van der Waals surface area contributed by atoms with Gasteiger partial charge in [0.1, 0.15) is 12.4 Å². The Kier molecular flexibility index (Phi) is 7.92. The second-order valence-corrected chi connectivity index (χ2v) is 10.6. The molecule has 0 saturated heterocycles. The van der Waals surface area contributed by atoms with Crippen molar-refractivity contribution in [3.05, 3.63) is 76.8 Å². The number of sulfone groups is 1. The normalized spacial score (nSPS) is 13.0. The molecule has 10 nitrogen and oxygen atoms in total. The van der Waals surface area contributed by atoms with Gasteiger partial charge in [0.05, 0.1) is 7.11 Å². The Bertz CT molecular complexity index is 1340. The SMILES string of the molecule is COc1ccc(COc2ccc(-c3ccn(CCC(C)(C(=O)NO)S(C)(=O)=O)c(=O)c3)cc2)cn1. The molecule has 1 unspecified atom stereocenters. The van der Waals surface area contributed by atoms with Crippen LogP contribution < -0.4 is 20.5 Å². The summed E-state index contributed by atoms with van der Waals surface area (Å²) in [5, 5.41) is 8.93. The van der Waals surface area contributed by atoms with E-state index >= 15 is 0 Å². The molecule has 2 aromatic heterocycles. The summed E-state index contributed by atoms with van der Waals surface area (Å²) in [6.45, 7) is 1.53. The fourth-order valence-corrected chi connectivity index (χ4v) is 4.16. The molecular weight excluding hydrogens is 474 g/mol. The number of hydroxylamine groups is 1. The third-order valence-electron chi connectivity index (χ3n) is 5.83. The van der Waals surface area contributed by atoms with Gasteiger partial charge in [0, 0.05) is 42.9 Å². The van der Waals surface area contributed by atoms with Crippen molar-refractivity contribution in [2.45, 2.75) is 31.2 Å². The molecular formula is C24H27N3O7S. The molecule has 0 bridgehead atoms. The fraction of sp³-hybridized carbons (Fsp3) is 0.292. The van der Waals surface area contributed by atoms with Gasteiger partial charge >= 0.3 is 0 Å². The summed E-state index contributed by atoms with van der Waals surface area (Å²) in [6, 6.07) is 14.0. The number of amides is 1. The first kappa shape index (κ1) is 25.9. The Balaban J connectivity index is 1.67. The van der Waals surface area contributed by atoms with Crippen LogP contribution >= 0.6 is 0 Å². The van der Waals surface area contributed by atoms with Crippen molar-refractivity contribution >= 4 is 15.7 Å². The van der Waals surface area contributed by atoms with Crippen molar-refractivity contribution in [2.75, 3.05) is 13.4 Å². The van der Waals surface area contributed by atoms with E-state index in [2.05, 4.69) is 4.98 Å². The van der Waals surface area contributed by atoms with Gasteiger partial charge in [-0.25, -0.2) is 18.9 Å². The minimum atomic E-state index is -3.85. The van der Waals surface area contributed by atoms with Gasteiger partial charge in [0.25, 0.3) is 11.5 Å². The lowest BCUT2D eigenvalue weighted by Crippen LogP contribution is -2.49. The van der Waals surface area contributed by atoms with Crippen LogP contribution in [0, 0.1) is 0 Å². The number of hydrogen-bond acceptors (Lipinski definition) is 8. The summed E-state index contributed by atoms with van der Waals surface area (Å²) in [6.07, 6.45) is 3.94. The minimum Gasteiger partial charge on any atom is -0.489 e. The number of hydrogen-bond donors (Lipinski definition) is 2. The van der Waals surface area contributed by atoms with E-state index in [0.717, 1.165) is 17.4 Å². The van der Waals surface area contributed by atoms with Gasteiger partial charge in [-0.05, 0) is 48.7 Å². The van der Waals surface area contributed by atoms with Crippen LogP contribution in [0.15, 0.2) is 65.7 Å². The second kappa shape index (κ2) is 10.7.